The van der Waals surface area contributed by atoms with Gasteiger partial charge in [0.2, 0.25) is 5.91 Å². The van der Waals surface area contributed by atoms with Gasteiger partial charge in [0.1, 0.15) is 12.4 Å². The number of amides is 1. The van der Waals surface area contributed by atoms with E-state index in [9.17, 15) is 9.59 Å². The van der Waals surface area contributed by atoms with Gasteiger partial charge in [-0.3, -0.25) is 9.69 Å². The molecule has 0 bridgehead atoms. The molecule has 3 N–H and O–H groups in total. The first kappa shape index (κ1) is 18.7. The van der Waals surface area contributed by atoms with Crippen LogP contribution in [0.15, 0.2) is 41.2 Å². The normalized spacial score (nSPS) is 16.9. The maximum absolute atomic E-state index is 12.9. The minimum absolute atomic E-state index is 0.0768. The van der Waals surface area contributed by atoms with Gasteiger partial charge >= 0.3 is 5.69 Å². The number of imidazole rings is 1. The summed E-state index contributed by atoms with van der Waals surface area (Å²) in [5, 5.41) is 3.08. The van der Waals surface area contributed by atoms with Crippen molar-refractivity contribution >= 4 is 28.3 Å². The highest BCUT2D eigenvalue weighted by Gasteiger charge is 2.21. The lowest BCUT2D eigenvalue weighted by atomic mass is 10.2. The lowest BCUT2D eigenvalue weighted by Gasteiger charge is -2.23. The molecule has 5 rings (SSSR count). The Kier molecular flexibility index (Phi) is 4.92. The van der Waals surface area contributed by atoms with E-state index in [0.29, 0.717) is 25.2 Å². The lowest BCUT2D eigenvalue weighted by molar-refractivity contribution is -0.117. The van der Waals surface area contributed by atoms with Crippen LogP contribution in [0.1, 0.15) is 18.4 Å². The number of aromatic amines is 2. The van der Waals surface area contributed by atoms with E-state index >= 15 is 0 Å². The van der Waals surface area contributed by atoms with Gasteiger partial charge in [0.25, 0.3) is 0 Å². The van der Waals surface area contributed by atoms with Crippen LogP contribution < -0.4 is 20.6 Å². The fourth-order valence-corrected chi connectivity index (χ4v) is 4.30. The fraction of sp³-hybridized carbons (Fsp3) is 0.364. The number of hydrogen-bond acceptors (Lipinski definition) is 5. The molecule has 3 aromatic rings. The van der Waals surface area contributed by atoms with E-state index < -0.39 is 0 Å². The molecule has 0 aliphatic carbocycles. The van der Waals surface area contributed by atoms with E-state index in [4.69, 9.17) is 4.74 Å². The van der Waals surface area contributed by atoms with E-state index in [1.54, 1.807) is 0 Å². The molecule has 2 aromatic carbocycles. The number of H-pyrrole nitrogens is 2. The molecule has 0 unspecified atom stereocenters. The lowest BCUT2D eigenvalue weighted by Crippen LogP contribution is -2.34. The number of ether oxygens (including phenoxy) is 1. The van der Waals surface area contributed by atoms with Crippen molar-refractivity contribution in [3.8, 4) is 5.75 Å². The van der Waals surface area contributed by atoms with Gasteiger partial charge in [0.15, 0.2) is 0 Å². The molecule has 0 spiro atoms. The van der Waals surface area contributed by atoms with Crippen LogP contribution in [0, 0.1) is 0 Å². The zero-order chi connectivity index (χ0) is 20.5. The summed E-state index contributed by atoms with van der Waals surface area (Å²) in [5.74, 6) is 0.811. The predicted molar refractivity (Wildman–Crippen MR) is 116 cm³/mol. The topological polar surface area (TPSA) is 93.5 Å². The van der Waals surface area contributed by atoms with Gasteiger partial charge in [-0.05, 0) is 31.0 Å². The summed E-state index contributed by atoms with van der Waals surface area (Å²) in [5.41, 5.74) is 3.97. The number of benzene rings is 2. The Morgan fingerprint density at radius 3 is 2.67 bits per heavy atom. The highest BCUT2D eigenvalue weighted by atomic mass is 16.5. The van der Waals surface area contributed by atoms with Gasteiger partial charge in [0, 0.05) is 31.7 Å². The molecule has 0 atom stereocenters. The van der Waals surface area contributed by atoms with E-state index in [0.717, 1.165) is 54.1 Å². The Hall–Kier alpha value is -3.26. The van der Waals surface area contributed by atoms with E-state index in [1.165, 1.54) is 0 Å². The quantitative estimate of drug-likeness (QED) is 0.617. The van der Waals surface area contributed by atoms with Crippen molar-refractivity contribution in [2.45, 2.75) is 19.4 Å². The van der Waals surface area contributed by atoms with Crippen molar-refractivity contribution in [3.05, 3.63) is 52.4 Å². The highest BCUT2D eigenvalue weighted by Crippen LogP contribution is 2.32. The predicted octanol–water partition coefficient (Wildman–Crippen LogP) is 2.29. The van der Waals surface area contributed by atoms with Crippen molar-refractivity contribution in [1.82, 2.24) is 14.9 Å². The number of hydrogen-bond donors (Lipinski definition) is 3. The standard InChI is InChI=1S/C22H25N5O3/c28-21(14-26-9-10-30-20-6-2-1-5-15(20)13-26)23-18-11-16-17(25-22(29)24-16)12-19(18)27-7-3-4-8-27/h1-2,5-6,11-12H,3-4,7-10,13-14H2,(H,23,28)(H2,24,25,29). The van der Waals surface area contributed by atoms with E-state index in [2.05, 4.69) is 25.1 Å². The molecule has 0 radical (unpaired) electrons. The summed E-state index contributed by atoms with van der Waals surface area (Å²) in [4.78, 5) is 34.6. The molecule has 1 fully saturated rings. The highest BCUT2D eigenvalue weighted by molar-refractivity contribution is 5.99. The second-order valence-electron chi connectivity index (χ2n) is 7.90. The van der Waals surface area contributed by atoms with Crippen molar-refractivity contribution < 1.29 is 9.53 Å². The summed E-state index contributed by atoms with van der Waals surface area (Å²) in [6.45, 7) is 4.09. The van der Waals surface area contributed by atoms with Crippen LogP contribution in [0.2, 0.25) is 0 Å². The third kappa shape index (κ3) is 3.78. The van der Waals surface area contributed by atoms with Crippen LogP contribution in [-0.4, -0.2) is 53.6 Å². The monoisotopic (exact) mass is 407 g/mol. The van der Waals surface area contributed by atoms with E-state index in [-0.39, 0.29) is 18.1 Å². The molecule has 156 valence electrons. The van der Waals surface area contributed by atoms with Gasteiger partial charge in [-0.1, -0.05) is 18.2 Å². The number of aromatic nitrogens is 2. The first-order valence-electron chi connectivity index (χ1n) is 10.4. The minimum Gasteiger partial charge on any atom is -0.492 e. The molecule has 8 nitrogen and oxygen atoms in total. The molecule has 1 amide bonds. The number of nitrogens with one attached hydrogen (secondary N) is 3. The number of para-hydroxylation sites is 1. The molecular formula is C22H25N5O3. The molecule has 0 saturated carbocycles. The SMILES string of the molecule is O=C(CN1CCOc2ccccc2C1)Nc1cc2[nH]c(=O)[nH]c2cc1N1CCCC1. The zero-order valence-electron chi connectivity index (χ0n) is 16.7. The van der Waals surface area contributed by atoms with Gasteiger partial charge < -0.3 is 24.9 Å². The Morgan fingerprint density at radius 2 is 1.83 bits per heavy atom. The number of carbonyl (C=O) groups is 1. The molecule has 8 heteroatoms. The average Bonchev–Trinajstić information content (AvgIpc) is 3.32. The molecular weight excluding hydrogens is 382 g/mol. The molecule has 1 aromatic heterocycles. The largest absolute Gasteiger partial charge is 0.492 e. The second-order valence-corrected chi connectivity index (χ2v) is 7.90. The van der Waals surface area contributed by atoms with Crippen LogP contribution in [0.25, 0.3) is 11.0 Å². The summed E-state index contributed by atoms with van der Waals surface area (Å²) < 4.78 is 5.80. The molecule has 30 heavy (non-hydrogen) atoms. The fourth-order valence-electron chi connectivity index (χ4n) is 4.30. The Morgan fingerprint density at radius 1 is 1.07 bits per heavy atom. The summed E-state index contributed by atoms with van der Waals surface area (Å²) in [6.07, 6.45) is 2.25. The maximum atomic E-state index is 12.9. The molecule has 2 aliphatic heterocycles. The first-order valence-corrected chi connectivity index (χ1v) is 10.4. The number of carbonyl (C=O) groups excluding carboxylic acids is 1. The van der Waals surface area contributed by atoms with Gasteiger partial charge in [-0.25, -0.2) is 4.79 Å². The Balaban J connectivity index is 1.36. The maximum Gasteiger partial charge on any atom is 0.323 e. The van der Waals surface area contributed by atoms with Crippen molar-refractivity contribution in [1.29, 1.82) is 0 Å². The van der Waals surface area contributed by atoms with Crippen LogP contribution >= 0.6 is 0 Å². The summed E-state index contributed by atoms with van der Waals surface area (Å²) in [7, 11) is 0. The average molecular weight is 407 g/mol. The minimum atomic E-state index is -0.246. The zero-order valence-corrected chi connectivity index (χ0v) is 16.7. The van der Waals surface area contributed by atoms with Crippen LogP contribution in [-0.2, 0) is 11.3 Å². The number of rotatable bonds is 4. The van der Waals surface area contributed by atoms with E-state index in [1.807, 2.05) is 36.4 Å². The third-order valence-corrected chi connectivity index (χ3v) is 5.75. The Bertz CT molecular complexity index is 1130. The molecule has 3 heterocycles. The van der Waals surface area contributed by atoms with Crippen LogP contribution in [0.3, 0.4) is 0 Å². The summed E-state index contributed by atoms with van der Waals surface area (Å²) in [6, 6.07) is 11.7. The number of anilines is 2. The van der Waals surface area contributed by atoms with Crippen molar-refractivity contribution in [3.63, 3.8) is 0 Å². The molecule has 1 saturated heterocycles. The third-order valence-electron chi connectivity index (χ3n) is 5.75. The van der Waals surface area contributed by atoms with Crippen LogP contribution in [0.4, 0.5) is 11.4 Å². The number of fused-ring (bicyclic) bond motifs is 2. The van der Waals surface area contributed by atoms with Gasteiger partial charge in [-0.2, -0.15) is 0 Å². The smallest absolute Gasteiger partial charge is 0.323 e. The summed E-state index contributed by atoms with van der Waals surface area (Å²) >= 11 is 0. The van der Waals surface area contributed by atoms with Crippen molar-refractivity contribution in [2.24, 2.45) is 0 Å². The van der Waals surface area contributed by atoms with Crippen LogP contribution in [0.5, 0.6) is 5.75 Å². The Labute approximate surface area is 173 Å². The second kappa shape index (κ2) is 7.87. The van der Waals surface area contributed by atoms with Gasteiger partial charge in [0.05, 0.1) is 29.0 Å². The first-order chi connectivity index (χ1) is 14.7. The molecule has 2 aliphatic rings. The van der Waals surface area contributed by atoms with Crippen molar-refractivity contribution in [2.75, 3.05) is 43.0 Å². The number of nitrogens with zero attached hydrogens (tertiary/aromatic N) is 2. The van der Waals surface area contributed by atoms with Gasteiger partial charge in [-0.15, -0.1) is 0 Å².